The van der Waals surface area contributed by atoms with Crippen LogP contribution in [-0.2, 0) is 65.4 Å². The minimum atomic E-state index is -4.97. The molecule has 5 atom stereocenters. The van der Waals surface area contributed by atoms with Crippen molar-refractivity contribution in [2.45, 2.75) is 483 Å². The SMILES string of the molecule is CCCCCCCCCCCCCCCCCCCCCC(=O)OC[C@H](COP(=O)(O)OC[C@@H](O)COP(=O)(O)OC[C@@H](COC(=O)CCCCCCCCCCCC)OC(=O)CCCCCCCCCCCCCCCCC)OC(=O)CCCCCCCCCCCCCCCCCCCCC(C)C. The van der Waals surface area contributed by atoms with Gasteiger partial charge in [-0.1, -0.05) is 413 Å². The quantitative estimate of drug-likeness (QED) is 0.0222. The molecule has 0 saturated heterocycles. The number of carbonyl (C=O) groups is 4. The first-order valence-corrected chi connectivity index (χ1v) is 47.6. The molecule has 0 aromatic carbocycles. The summed E-state index contributed by atoms with van der Waals surface area (Å²) in [4.78, 5) is 73.2. The Labute approximate surface area is 645 Å². The van der Waals surface area contributed by atoms with E-state index in [1.807, 2.05) is 0 Å². The van der Waals surface area contributed by atoms with Crippen LogP contribution in [0.4, 0.5) is 0 Å². The maximum Gasteiger partial charge on any atom is 0.472 e. The van der Waals surface area contributed by atoms with Crippen molar-refractivity contribution in [3.8, 4) is 0 Å². The van der Waals surface area contributed by atoms with Crippen LogP contribution in [0.15, 0.2) is 0 Å². The highest BCUT2D eigenvalue weighted by molar-refractivity contribution is 7.47. The number of hydrogen-bond acceptors (Lipinski definition) is 15. The lowest BCUT2D eigenvalue weighted by Gasteiger charge is -2.21. The predicted octanol–water partition coefficient (Wildman–Crippen LogP) is 26.4. The number of aliphatic hydroxyl groups is 1. The Hall–Kier alpha value is -1.94. The van der Waals surface area contributed by atoms with Crippen LogP contribution >= 0.6 is 15.6 Å². The van der Waals surface area contributed by atoms with Crippen LogP contribution in [0.1, 0.15) is 465 Å². The van der Waals surface area contributed by atoms with Crippen molar-refractivity contribution >= 4 is 39.5 Å². The number of phosphoric ester groups is 2. The number of unbranched alkanes of at least 4 members (excludes halogenated alkanes) is 58. The van der Waals surface area contributed by atoms with Gasteiger partial charge in [0, 0.05) is 25.7 Å². The number of esters is 4. The Kier molecular flexibility index (Phi) is 77.3. The zero-order valence-electron chi connectivity index (χ0n) is 68.9. The lowest BCUT2D eigenvalue weighted by atomic mass is 10.0. The van der Waals surface area contributed by atoms with Gasteiger partial charge in [-0.05, 0) is 31.6 Å². The molecule has 624 valence electrons. The van der Waals surface area contributed by atoms with Gasteiger partial charge in [-0.3, -0.25) is 37.3 Å². The van der Waals surface area contributed by atoms with Gasteiger partial charge in [0.15, 0.2) is 12.2 Å². The molecule has 0 aromatic rings. The second-order valence-corrected chi connectivity index (χ2v) is 34.3. The normalized spacial score (nSPS) is 13.8. The highest BCUT2D eigenvalue weighted by Crippen LogP contribution is 2.45. The topological polar surface area (TPSA) is 237 Å². The zero-order valence-corrected chi connectivity index (χ0v) is 70.7. The van der Waals surface area contributed by atoms with E-state index >= 15 is 0 Å². The van der Waals surface area contributed by atoms with Crippen LogP contribution < -0.4 is 0 Å². The molecule has 0 fully saturated rings. The number of aliphatic hydroxyl groups excluding tert-OH is 1. The summed E-state index contributed by atoms with van der Waals surface area (Å²) in [5, 5.41) is 10.7. The third-order valence-electron chi connectivity index (χ3n) is 20.3. The van der Waals surface area contributed by atoms with Crippen LogP contribution in [0, 0.1) is 5.92 Å². The fraction of sp³-hybridized carbons (Fsp3) is 0.953. The summed E-state index contributed by atoms with van der Waals surface area (Å²) >= 11 is 0. The van der Waals surface area contributed by atoms with Gasteiger partial charge in [0.1, 0.15) is 19.3 Å². The minimum Gasteiger partial charge on any atom is -0.462 e. The molecule has 0 spiro atoms. The van der Waals surface area contributed by atoms with Crippen LogP contribution in [0.25, 0.3) is 0 Å². The molecule has 0 rings (SSSR count). The number of rotatable bonds is 86. The molecular formula is C86H168O17P2. The molecule has 0 amide bonds. The van der Waals surface area contributed by atoms with Gasteiger partial charge in [0.05, 0.1) is 26.4 Å². The largest absolute Gasteiger partial charge is 0.472 e. The maximum atomic E-state index is 13.1. The van der Waals surface area contributed by atoms with E-state index in [0.717, 1.165) is 95.8 Å². The van der Waals surface area contributed by atoms with Gasteiger partial charge in [-0.15, -0.1) is 0 Å². The molecule has 0 saturated carbocycles. The summed E-state index contributed by atoms with van der Waals surface area (Å²) in [6.07, 6.45) is 72.2. The average molecular weight is 1540 g/mol. The fourth-order valence-corrected chi connectivity index (χ4v) is 15.1. The summed E-state index contributed by atoms with van der Waals surface area (Å²) in [6.45, 7) is 7.40. The summed E-state index contributed by atoms with van der Waals surface area (Å²) in [7, 11) is -9.92. The van der Waals surface area contributed by atoms with Gasteiger partial charge >= 0.3 is 39.5 Å². The van der Waals surface area contributed by atoms with Crippen LogP contribution in [0.3, 0.4) is 0 Å². The lowest BCUT2D eigenvalue weighted by Crippen LogP contribution is -2.30. The molecule has 0 aromatic heterocycles. The lowest BCUT2D eigenvalue weighted by molar-refractivity contribution is -0.161. The molecule has 0 radical (unpaired) electrons. The van der Waals surface area contributed by atoms with Crippen molar-refractivity contribution in [3.63, 3.8) is 0 Å². The molecule has 19 heteroatoms. The monoisotopic (exact) mass is 1540 g/mol. The van der Waals surface area contributed by atoms with Gasteiger partial charge in [0.2, 0.25) is 0 Å². The number of phosphoric acid groups is 2. The number of hydrogen-bond donors (Lipinski definition) is 3. The van der Waals surface area contributed by atoms with E-state index in [-0.39, 0.29) is 25.7 Å². The predicted molar refractivity (Wildman–Crippen MR) is 432 cm³/mol. The van der Waals surface area contributed by atoms with Crippen LogP contribution in [0.5, 0.6) is 0 Å². The van der Waals surface area contributed by atoms with Crippen molar-refractivity contribution in [1.29, 1.82) is 0 Å². The molecule has 105 heavy (non-hydrogen) atoms. The molecule has 0 bridgehead atoms. The number of ether oxygens (including phenoxy) is 4. The van der Waals surface area contributed by atoms with E-state index in [0.29, 0.717) is 25.7 Å². The first kappa shape index (κ1) is 103. The van der Waals surface area contributed by atoms with E-state index in [2.05, 4.69) is 34.6 Å². The highest BCUT2D eigenvalue weighted by Gasteiger charge is 2.30. The average Bonchev–Trinajstić information content (AvgIpc) is 0.925. The third-order valence-corrected chi connectivity index (χ3v) is 22.2. The summed E-state index contributed by atoms with van der Waals surface area (Å²) < 4.78 is 68.9. The molecule has 0 aliphatic rings. The highest BCUT2D eigenvalue weighted by atomic mass is 31.2. The molecule has 3 N–H and O–H groups in total. The summed E-state index contributed by atoms with van der Waals surface area (Å²) in [5.74, 6) is -1.28. The van der Waals surface area contributed by atoms with E-state index in [1.165, 1.54) is 289 Å². The maximum absolute atomic E-state index is 13.1. The molecular weight excluding hydrogens is 1370 g/mol. The van der Waals surface area contributed by atoms with Gasteiger partial charge in [-0.25, -0.2) is 9.13 Å². The molecule has 17 nitrogen and oxygen atoms in total. The molecule has 0 heterocycles. The molecule has 2 unspecified atom stereocenters. The van der Waals surface area contributed by atoms with Crippen molar-refractivity contribution in [3.05, 3.63) is 0 Å². The Morgan fingerprint density at radius 1 is 0.257 bits per heavy atom. The van der Waals surface area contributed by atoms with Crippen LogP contribution in [-0.4, -0.2) is 96.7 Å². The Morgan fingerprint density at radius 2 is 0.438 bits per heavy atom. The Bertz CT molecular complexity index is 2000. The molecule has 0 aliphatic heterocycles. The third kappa shape index (κ3) is 79.9. The van der Waals surface area contributed by atoms with Gasteiger partial charge in [-0.2, -0.15) is 0 Å². The minimum absolute atomic E-state index is 0.109. The van der Waals surface area contributed by atoms with E-state index in [4.69, 9.17) is 37.0 Å². The smallest absolute Gasteiger partial charge is 0.462 e. The second kappa shape index (κ2) is 78.7. The molecule has 0 aliphatic carbocycles. The standard InChI is InChI=1S/C86H168O17P2/c1-6-9-12-15-18-21-24-26-28-29-30-34-38-41-45-50-55-60-65-70-84(89)97-76-82(103-86(91)72-67-62-57-52-47-43-39-35-32-31-33-37-40-44-48-53-58-63-68-79(4)5)78-101-105(94,95)99-74-80(87)73-98-104(92,93)100-77-81(75-96-83(88)69-64-59-54-49-23-20-17-14-11-8-3)102-85(90)71-66-61-56-51-46-42-36-27-25-22-19-16-13-10-7-2/h79-82,87H,6-78H2,1-5H3,(H,92,93)(H,94,95)/t80-,81+,82+/m0/s1. The zero-order chi connectivity index (χ0) is 76.9. The van der Waals surface area contributed by atoms with Crippen molar-refractivity contribution in [1.82, 2.24) is 0 Å². The Balaban J connectivity index is 5.22. The van der Waals surface area contributed by atoms with Crippen molar-refractivity contribution in [2.24, 2.45) is 5.92 Å². The number of carbonyl (C=O) groups excluding carboxylic acids is 4. The van der Waals surface area contributed by atoms with E-state index in [9.17, 15) is 43.2 Å². The fourth-order valence-electron chi connectivity index (χ4n) is 13.5. The van der Waals surface area contributed by atoms with Crippen molar-refractivity contribution in [2.75, 3.05) is 39.6 Å². The van der Waals surface area contributed by atoms with Crippen LogP contribution in [0.2, 0.25) is 0 Å². The first-order valence-electron chi connectivity index (χ1n) is 44.6. The second-order valence-electron chi connectivity index (χ2n) is 31.4. The van der Waals surface area contributed by atoms with Crippen molar-refractivity contribution < 1.29 is 80.2 Å². The summed E-state index contributed by atoms with van der Waals surface area (Å²) in [6, 6.07) is 0. The van der Waals surface area contributed by atoms with E-state index < -0.39 is 97.5 Å². The Morgan fingerprint density at radius 3 is 0.648 bits per heavy atom. The van der Waals surface area contributed by atoms with Gasteiger partial charge in [0.25, 0.3) is 0 Å². The van der Waals surface area contributed by atoms with Gasteiger partial charge < -0.3 is 33.8 Å². The first-order chi connectivity index (χ1) is 51.0. The van der Waals surface area contributed by atoms with E-state index in [1.54, 1.807) is 0 Å². The summed E-state index contributed by atoms with van der Waals surface area (Å²) in [5.41, 5.74) is 0.